The molecule has 3 aliphatic rings. The molecule has 0 aromatic heterocycles. The highest BCUT2D eigenvalue weighted by atomic mass is 35.5. The van der Waals surface area contributed by atoms with Crippen LogP contribution < -0.4 is 10.2 Å². The quantitative estimate of drug-likeness (QED) is 0.523. The van der Waals surface area contributed by atoms with E-state index < -0.39 is 17.3 Å². The average Bonchev–Trinajstić information content (AvgIpc) is 3.08. The fourth-order valence-corrected chi connectivity index (χ4v) is 5.78. The van der Waals surface area contributed by atoms with Crippen molar-refractivity contribution in [2.45, 2.75) is 75.5 Å². The van der Waals surface area contributed by atoms with Crippen LogP contribution in [0.4, 0.5) is 23.7 Å². The van der Waals surface area contributed by atoms with Crippen LogP contribution in [0.1, 0.15) is 51.0 Å². The Morgan fingerprint density at radius 1 is 1.06 bits per heavy atom. The van der Waals surface area contributed by atoms with Crippen LogP contribution in [0.2, 0.25) is 0 Å². The number of rotatable bonds is 4. The summed E-state index contributed by atoms with van der Waals surface area (Å²) in [6, 6.07) is 15.8. The first kappa shape index (κ1) is 26.5. The molecule has 2 atom stereocenters. The molecule has 3 fully saturated rings. The number of aliphatic imine (C=N–C) groups is 1. The number of halogens is 4. The third-order valence-electron chi connectivity index (χ3n) is 7.66. The average molecular weight is 521 g/mol. The Labute approximate surface area is 216 Å². The number of hydrogen-bond acceptors (Lipinski definition) is 3. The molecule has 36 heavy (non-hydrogen) atoms. The van der Waals surface area contributed by atoms with Gasteiger partial charge in [-0.15, -0.1) is 12.4 Å². The van der Waals surface area contributed by atoms with Crippen LogP contribution in [0.5, 0.6) is 0 Å². The summed E-state index contributed by atoms with van der Waals surface area (Å²) in [6.07, 6.45) is 1.42. The van der Waals surface area contributed by atoms with Crippen molar-refractivity contribution >= 4 is 30.0 Å². The number of alkyl halides is 2. The van der Waals surface area contributed by atoms with E-state index in [1.165, 1.54) is 17.7 Å². The second-order valence-electron chi connectivity index (χ2n) is 10.1. The van der Waals surface area contributed by atoms with Crippen LogP contribution in [-0.2, 0) is 6.54 Å². The van der Waals surface area contributed by atoms with Crippen molar-refractivity contribution in [3.63, 3.8) is 0 Å². The lowest BCUT2D eigenvalue weighted by Crippen LogP contribution is -2.59. The van der Waals surface area contributed by atoms with Gasteiger partial charge in [0.15, 0.2) is 0 Å². The number of hydrogen-bond donors (Lipinski definition) is 1. The molecule has 2 heterocycles. The van der Waals surface area contributed by atoms with Gasteiger partial charge in [0.05, 0.1) is 6.04 Å². The fourth-order valence-electron chi connectivity index (χ4n) is 5.78. The largest absolute Gasteiger partial charge is 0.328 e. The van der Waals surface area contributed by atoms with Gasteiger partial charge in [0.1, 0.15) is 17.2 Å². The lowest BCUT2D eigenvalue weighted by atomic mass is 9.81. The summed E-state index contributed by atoms with van der Waals surface area (Å²) >= 11 is 0. The van der Waals surface area contributed by atoms with Crippen molar-refractivity contribution in [2.75, 3.05) is 11.4 Å². The standard InChI is InChI=1S/C27H31F3N4O.ClH/c1-19-17-26(14-15-33(19)18-20-6-3-2-4-7-20)24(31-22-10-12-27(29,30)13-11-22)32-25(35)34(26)23-9-5-8-21(28)16-23;/h2-9,16,19,22H,10-15,17-18H2,1H3,(H,31,32,35);1H. The number of benzene rings is 2. The third-order valence-corrected chi connectivity index (χ3v) is 7.66. The number of carbonyl (C=O) groups excluding carboxylic acids is 1. The van der Waals surface area contributed by atoms with Gasteiger partial charge in [-0.3, -0.25) is 20.1 Å². The number of amides is 2. The molecule has 2 unspecified atom stereocenters. The molecule has 5 nitrogen and oxygen atoms in total. The topological polar surface area (TPSA) is 47.9 Å². The molecule has 2 aromatic rings. The van der Waals surface area contributed by atoms with Crippen molar-refractivity contribution in [1.29, 1.82) is 0 Å². The van der Waals surface area contributed by atoms with Crippen LogP contribution in [-0.4, -0.2) is 46.9 Å². The zero-order chi connectivity index (χ0) is 24.6. The van der Waals surface area contributed by atoms with Crippen molar-refractivity contribution in [3.8, 4) is 0 Å². The highest BCUT2D eigenvalue weighted by Gasteiger charge is 2.55. The number of nitrogens with one attached hydrogen (secondary N) is 1. The first-order chi connectivity index (χ1) is 16.8. The normalized spacial score (nSPS) is 27.8. The van der Waals surface area contributed by atoms with E-state index in [2.05, 4.69) is 29.3 Å². The number of likely N-dealkylation sites (tertiary alicyclic amines) is 1. The molecule has 2 aliphatic heterocycles. The third kappa shape index (κ3) is 5.25. The van der Waals surface area contributed by atoms with Gasteiger partial charge in [0.2, 0.25) is 5.92 Å². The van der Waals surface area contributed by atoms with Crippen molar-refractivity contribution in [3.05, 3.63) is 66.0 Å². The summed E-state index contributed by atoms with van der Waals surface area (Å²) in [5.74, 6) is -2.52. The Kier molecular flexibility index (Phi) is 7.67. The SMILES string of the molecule is CC1CC2(CCN1Cc1ccccc1)C(=NC1CCC(F)(F)CC1)NC(=O)N2c1cccc(F)c1.Cl. The van der Waals surface area contributed by atoms with E-state index in [-0.39, 0.29) is 56.2 Å². The van der Waals surface area contributed by atoms with Crippen molar-refractivity contribution < 1.29 is 18.0 Å². The molecular formula is C27H32ClF3N4O. The number of anilines is 1. The minimum atomic E-state index is -2.64. The molecular weight excluding hydrogens is 489 g/mol. The molecule has 1 spiro atoms. The first-order valence-electron chi connectivity index (χ1n) is 12.4. The van der Waals surface area contributed by atoms with Gasteiger partial charge < -0.3 is 0 Å². The van der Waals surface area contributed by atoms with Crippen molar-refractivity contribution in [1.82, 2.24) is 10.2 Å². The Morgan fingerprint density at radius 3 is 2.44 bits per heavy atom. The van der Waals surface area contributed by atoms with E-state index >= 15 is 0 Å². The van der Waals surface area contributed by atoms with Gasteiger partial charge in [0.25, 0.3) is 0 Å². The van der Waals surface area contributed by atoms with E-state index in [4.69, 9.17) is 4.99 Å². The second-order valence-corrected chi connectivity index (χ2v) is 10.1. The number of nitrogens with zero attached hydrogens (tertiary/aromatic N) is 3. The maximum Gasteiger partial charge on any atom is 0.328 e. The Balaban J connectivity index is 0.00000304. The molecule has 5 rings (SSSR count). The van der Waals surface area contributed by atoms with Crippen LogP contribution in [0.3, 0.4) is 0 Å². The molecule has 2 amide bonds. The molecule has 194 valence electrons. The predicted octanol–water partition coefficient (Wildman–Crippen LogP) is 6.18. The molecule has 2 saturated heterocycles. The Bertz CT molecular complexity index is 1110. The summed E-state index contributed by atoms with van der Waals surface area (Å²) in [6.45, 7) is 3.65. The summed E-state index contributed by atoms with van der Waals surface area (Å²) in [7, 11) is 0. The summed E-state index contributed by atoms with van der Waals surface area (Å²) in [5, 5.41) is 2.94. The lowest BCUT2D eigenvalue weighted by Gasteiger charge is -2.47. The number of piperidine rings is 1. The Hall–Kier alpha value is -2.58. The van der Waals surface area contributed by atoms with Crippen molar-refractivity contribution in [2.24, 2.45) is 4.99 Å². The molecule has 1 saturated carbocycles. The number of amidine groups is 1. The number of carbonyl (C=O) groups is 1. The van der Waals surface area contributed by atoms with Gasteiger partial charge in [-0.05, 0) is 56.4 Å². The van der Waals surface area contributed by atoms with Gasteiger partial charge >= 0.3 is 6.03 Å². The van der Waals surface area contributed by atoms with E-state index in [0.29, 0.717) is 24.4 Å². The first-order valence-corrected chi connectivity index (χ1v) is 12.4. The second kappa shape index (κ2) is 10.4. The maximum absolute atomic E-state index is 14.2. The lowest BCUT2D eigenvalue weighted by molar-refractivity contribution is -0.0374. The highest BCUT2D eigenvalue weighted by molar-refractivity contribution is 6.19. The zero-order valence-electron chi connectivity index (χ0n) is 20.3. The van der Waals surface area contributed by atoms with Gasteiger partial charge in [0, 0.05) is 37.7 Å². The number of urea groups is 1. The Morgan fingerprint density at radius 2 is 1.78 bits per heavy atom. The van der Waals surface area contributed by atoms with Gasteiger partial charge in [-0.2, -0.15) is 0 Å². The van der Waals surface area contributed by atoms with Crippen LogP contribution in [0, 0.1) is 5.82 Å². The highest BCUT2D eigenvalue weighted by Crippen LogP contribution is 2.42. The van der Waals surface area contributed by atoms with Gasteiger partial charge in [-0.25, -0.2) is 18.0 Å². The summed E-state index contributed by atoms with van der Waals surface area (Å²) in [4.78, 5) is 22.2. The molecule has 1 N–H and O–H groups in total. The minimum Gasteiger partial charge on any atom is -0.296 e. The van der Waals surface area contributed by atoms with Crippen LogP contribution >= 0.6 is 12.4 Å². The molecule has 0 bridgehead atoms. The predicted molar refractivity (Wildman–Crippen MR) is 138 cm³/mol. The molecule has 1 aliphatic carbocycles. The van der Waals surface area contributed by atoms with Crippen LogP contribution in [0.15, 0.2) is 59.6 Å². The molecule has 2 aromatic carbocycles. The molecule has 9 heteroatoms. The monoisotopic (exact) mass is 520 g/mol. The van der Waals surface area contributed by atoms with E-state index in [1.54, 1.807) is 17.0 Å². The zero-order valence-corrected chi connectivity index (χ0v) is 21.1. The fraction of sp³-hybridized carbons (Fsp3) is 0.481. The maximum atomic E-state index is 14.2. The smallest absolute Gasteiger partial charge is 0.296 e. The van der Waals surface area contributed by atoms with E-state index in [9.17, 15) is 18.0 Å². The summed E-state index contributed by atoms with van der Waals surface area (Å²) in [5.41, 5.74) is 0.929. The van der Waals surface area contributed by atoms with E-state index in [1.807, 2.05) is 18.2 Å². The van der Waals surface area contributed by atoms with Crippen LogP contribution in [0.25, 0.3) is 0 Å². The minimum absolute atomic E-state index is 0. The summed E-state index contributed by atoms with van der Waals surface area (Å²) < 4.78 is 41.6. The van der Waals surface area contributed by atoms with E-state index in [0.717, 1.165) is 13.1 Å². The molecule has 0 radical (unpaired) electrons. The van der Waals surface area contributed by atoms with Gasteiger partial charge in [-0.1, -0.05) is 36.4 Å².